The summed E-state index contributed by atoms with van der Waals surface area (Å²) in [7, 11) is 0. The summed E-state index contributed by atoms with van der Waals surface area (Å²) in [6.45, 7) is 2.52. The fraction of sp³-hybridized carbons (Fsp3) is 0.429. The van der Waals surface area contributed by atoms with Crippen LogP contribution in [-0.4, -0.2) is 18.2 Å². The van der Waals surface area contributed by atoms with E-state index in [1.54, 1.807) is 0 Å². The monoisotopic (exact) mass is 233 g/mol. The van der Waals surface area contributed by atoms with Crippen molar-refractivity contribution in [2.45, 2.75) is 32.6 Å². The van der Waals surface area contributed by atoms with Crippen molar-refractivity contribution < 1.29 is 9.59 Å². The van der Waals surface area contributed by atoms with Crippen LogP contribution in [0.3, 0.4) is 0 Å². The highest BCUT2D eigenvalue weighted by Crippen LogP contribution is 1.99. The molecular weight excluding hydrogens is 214 g/mol. The van der Waals surface area contributed by atoms with E-state index in [0.717, 1.165) is 24.8 Å². The standard InChI is InChI=1S/C14H19NO2/c1-2-3-9-13(16)14(17)15-11-10-12-7-5-4-6-8-12/h4-8H,2-3,9-11H2,1H3,(H,15,17). The highest BCUT2D eigenvalue weighted by Gasteiger charge is 2.11. The maximum absolute atomic E-state index is 11.4. The van der Waals surface area contributed by atoms with Gasteiger partial charge in [-0.25, -0.2) is 0 Å². The molecule has 0 saturated heterocycles. The number of rotatable bonds is 7. The number of unbranched alkanes of at least 4 members (excludes halogenated alkanes) is 1. The van der Waals surface area contributed by atoms with Gasteiger partial charge in [0.2, 0.25) is 5.78 Å². The van der Waals surface area contributed by atoms with E-state index in [9.17, 15) is 9.59 Å². The van der Waals surface area contributed by atoms with Crippen molar-refractivity contribution in [1.29, 1.82) is 0 Å². The van der Waals surface area contributed by atoms with E-state index < -0.39 is 5.91 Å². The van der Waals surface area contributed by atoms with Gasteiger partial charge in [0, 0.05) is 13.0 Å². The molecule has 3 nitrogen and oxygen atoms in total. The van der Waals surface area contributed by atoms with Crippen molar-refractivity contribution >= 4 is 11.7 Å². The van der Waals surface area contributed by atoms with E-state index >= 15 is 0 Å². The highest BCUT2D eigenvalue weighted by atomic mass is 16.2. The zero-order valence-corrected chi connectivity index (χ0v) is 10.2. The number of hydrogen-bond acceptors (Lipinski definition) is 2. The van der Waals surface area contributed by atoms with Gasteiger partial charge in [-0.05, 0) is 18.4 Å². The molecule has 1 aromatic carbocycles. The van der Waals surface area contributed by atoms with Crippen molar-refractivity contribution in [2.24, 2.45) is 0 Å². The molecule has 92 valence electrons. The molecule has 0 heterocycles. The lowest BCUT2D eigenvalue weighted by Gasteiger charge is -2.04. The zero-order valence-electron chi connectivity index (χ0n) is 10.2. The molecule has 0 aliphatic heterocycles. The minimum Gasteiger partial charge on any atom is -0.349 e. The second-order valence-corrected chi connectivity index (χ2v) is 4.02. The Morgan fingerprint density at radius 2 is 1.88 bits per heavy atom. The summed E-state index contributed by atoms with van der Waals surface area (Å²) in [5, 5.41) is 2.65. The first-order valence-corrected chi connectivity index (χ1v) is 6.09. The number of ketones is 1. The maximum atomic E-state index is 11.4. The van der Waals surface area contributed by atoms with Crippen LogP contribution in [0.5, 0.6) is 0 Å². The molecule has 3 heteroatoms. The molecule has 17 heavy (non-hydrogen) atoms. The predicted octanol–water partition coefficient (Wildman–Crippen LogP) is 2.10. The van der Waals surface area contributed by atoms with Crippen molar-refractivity contribution in [1.82, 2.24) is 5.32 Å². The molecule has 0 spiro atoms. The number of benzene rings is 1. The van der Waals surface area contributed by atoms with E-state index in [2.05, 4.69) is 5.32 Å². The van der Waals surface area contributed by atoms with Crippen LogP contribution in [0.4, 0.5) is 0 Å². The fourth-order valence-electron chi connectivity index (χ4n) is 1.51. The van der Waals surface area contributed by atoms with Gasteiger partial charge >= 0.3 is 0 Å². The first-order valence-electron chi connectivity index (χ1n) is 6.09. The first-order chi connectivity index (χ1) is 8.24. The van der Waals surface area contributed by atoms with Gasteiger partial charge in [-0.1, -0.05) is 43.7 Å². The summed E-state index contributed by atoms with van der Waals surface area (Å²) in [5.74, 6) is -0.755. The quantitative estimate of drug-likeness (QED) is 0.733. The lowest BCUT2D eigenvalue weighted by Crippen LogP contribution is -2.32. The number of carbonyl (C=O) groups is 2. The van der Waals surface area contributed by atoms with Crippen LogP contribution >= 0.6 is 0 Å². The zero-order chi connectivity index (χ0) is 12.5. The lowest BCUT2D eigenvalue weighted by molar-refractivity contribution is -0.137. The summed E-state index contributed by atoms with van der Waals surface area (Å²) in [6.07, 6.45) is 2.83. The summed E-state index contributed by atoms with van der Waals surface area (Å²) in [4.78, 5) is 22.7. The third-order valence-electron chi connectivity index (χ3n) is 2.55. The van der Waals surface area contributed by atoms with Crippen molar-refractivity contribution in [3.05, 3.63) is 35.9 Å². The number of nitrogens with one attached hydrogen (secondary N) is 1. The highest BCUT2D eigenvalue weighted by molar-refractivity contribution is 6.36. The van der Waals surface area contributed by atoms with Gasteiger partial charge < -0.3 is 5.32 Å². The van der Waals surface area contributed by atoms with Gasteiger partial charge in [0.25, 0.3) is 5.91 Å². The minimum absolute atomic E-state index is 0.306. The van der Waals surface area contributed by atoms with Crippen LogP contribution in [-0.2, 0) is 16.0 Å². The van der Waals surface area contributed by atoms with Crippen LogP contribution in [0.25, 0.3) is 0 Å². The molecule has 0 aliphatic carbocycles. The average Bonchev–Trinajstić information content (AvgIpc) is 2.37. The Bertz CT molecular complexity index is 360. The fourth-order valence-corrected chi connectivity index (χ4v) is 1.51. The van der Waals surface area contributed by atoms with Crippen molar-refractivity contribution in [3.63, 3.8) is 0 Å². The van der Waals surface area contributed by atoms with Crippen LogP contribution in [0.2, 0.25) is 0 Å². The SMILES string of the molecule is CCCCC(=O)C(=O)NCCc1ccccc1. The van der Waals surface area contributed by atoms with E-state index in [-0.39, 0.29) is 5.78 Å². The molecule has 0 saturated carbocycles. The van der Waals surface area contributed by atoms with Gasteiger partial charge in [-0.3, -0.25) is 9.59 Å². The van der Waals surface area contributed by atoms with Gasteiger partial charge in [0.05, 0.1) is 0 Å². The Balaban J connectivity index is 2.22. The molecule has 0 aliphatic rings. The maximum Gasteiger partial charge on any atom is 0.287 e. The largest absolute Gasteiger partial charge is 0.349 e. The van der Waals surface area contributed by atoms with Gasteiger partial charge in [0.15, 0.2) is 0 Å². The Hall–Kier alpha value is -1.64. The van der Waals surface area contributed by atoms with Crippen LogP contribution in [0.1, 0.15) is 31.7 Å². The van der Waals surface area contributed by atoms with Crippen LogP contribution in [0, 0.1) is 0 Å². The molecule has 0 atom stereocenters. The molecule has 0 fully saturated rings. The van der Waals surface area contributed by atoms with Crippen LogP contribution < -0.4 is 5.32 Å². The normalized spacial score (nSPS) is 9.94. The van der Waals surface area contributed by atoms with Gasteiger partial charge in [-0.2, -0.15) is 0 Å². The summed E-state index contributed by atoms with van der Waals surface area (Å²) in [5.41, 5.74) is 1.16. The van der Waals surface area contributed by atoms with E-state index in [4.69, 9.17) is 0 Å². The Kier molecular flexibility index (Phi) is 6.00. The molecule has 1 amide bonds. The summed E-state index contributed by atoms with van der Waals surface area (Å²) >= 11 is 0. The molecule has 0 radical (unpaired) electrons. The molecule has 1 N–H and O–H groups in total. The summed E-state index contributed by atoms with van der Waals surface area (Å²) in [6, 6.07) is 9.89. The number of Topliss-reactive ketones (excluding diaryl/α,β-unsaturated/α-hetero) is 1. The van der Waals surface area contributed by atoms with E-state index in [0.29, 0.717) is 13.0 Å². The molecular formula is C14H19NO2. The van der Waals surface area contributed by atoms with Crippen LogP contribution in [0.15, 0.2) is 30.3 Å². The number of hydrogen-bond donors (Lipinski definition) is 1. The van der Waals surface area contributed by atoms with Gasteiger partial charge in [0.1, 0.15) is 0 Å². The second kappa shape index (κ2) is 7.60. The van der Waals surface area contributed by atoms with E-state index in [1.807, 2.05) is 37.3 Å². The molecule has 0 bridgehead atoms. The molecule has 1 aromatic rings. The molecule has 0 aromatic heterocycles. The second-order valence-electron chi connectivity index (χ2n) is 4.02. The Morgan fingerprint density at radius 1 is 1.18 bits per heavy atom. The Labute approximate surface area is 102 Å². The lowest BCUT2D eigenvalue weighted by atomic mass is 10.1. The molecule has 1 rings (SSSR count). The van der Waals surface area contributed by atoms with Crippen molar-refractivity contribution in [3.8, 4) is 0 Å². The van der Waals surface area contributed by atoms with Crippen molar-refractivity contribution in [2.75, 3.05) is 6.54 Å². The van der Waals surface area contributed by atoms with Gasteiger partial charge in [-0.15, -0.1) is 0 Å². The Morgan fingerprint density at radius 3 is 2.53 bits per heavy atom. The molecule has 0 unspecified atom stereocenters. The summed E-state index contributed by atoms with van der Waals surface area (Å²) < 4.78 is 0. The average molecular weight is 233 g/mol. The number of amides is 1. The third-order valence-corrected chi connectivity index (χ3v) is 2.55. The topological polar surface area (TPSA) is 46.2 Å². The predicted molar refractivity (Wildman–Crippen MR) is 67.7 cm³/mol. The number of carbonyl (C=O) groups excluding carboxylic acids is 2. The third kappa shape index (κ3) is 5.29. The smallest absolute Gasteiger partial charge is 0.287 e. The van der Waals surface area contributed by atoms with E-state index in [1.165, 1.54) is 0 Å². The first kappa shape index (κ1) is 13.4. The minimum atomic E-state index is -0.450.